The third-order valence-electron chi connectivity index (χ3n) is 2.44. The molecule has 0 aromatic rings. The molecule has 0 unspecified atom stereocenters. The smallest absolute Gasteiger partial charge is 0.311 e. The fourth-order valence-corrected chi connectivity index (χ4v) is 2.19. The SMILES string of the molecule is CC(C)N=NC(C)(C)NC(=O)NNC(C)(C)CC(C)(C)C. The molecule has 0 atom stereocenters. The molecule has 0 aromatic carbocycles. The summed E-state index contributed by atoms with van der Waals surface area (Å²) >= 11 is 0. The highest BCUT2D eigenvalue weighted by atomic mass is 16.2. The number of carbonyl (C=O) groups excluding carboxylic acids is 1. The Morgan fingerprint density at radius 3 is 2.00 bits per heavy atom. The summed E-state index contributed by atoms with van der Waals surface area (Å²) in [5.41, 5.74) is 5.01. The number of hydrogen-bond donors (Lipinski definition) is 3. The molecule has 0 rings (SSSR count). The van der Waals surface area contributed by atoms with Crippen LogP contribution >= 0.6 is 0 Å². The number of rotatable bonds is 6. The van der Waals surface area contributed by atoms with E-state index in [2.05, 4.69) is 61.0 Å². The monoisotopic (exact) mass is 299 g/mol. The molecule has 3 N–H and O–H groups in total. The van der Waals surface area contributed by atoms with Gasteiger partial charge in [-0.3, -0.25) is 5.43 Å². The third kappa shape index (κ3) is 11.2. The Kier molecular flexibility index (Phi) is 6.80. The van der Waals surface area contributed by atoms with Gasteiger partial charge in [-0.15, -0.1) is 0 Å². The molecule has 6 nitrogen and oxygen atoms in total. The first-order valence-electron chi connectivity index (χ1n) is 7.50. The summed E-state index contributed by atoms with van der Waals surface area (Å²) in [6, 6.07) is -0.206. The Labute approximate surface area is 129 Å². The second-order valence-corrected chi connectivity index (χ2v) is 8.19. The fraction of sp³-hybridized carbons (Fsp3) is 0.933. The Morgan fingerprint density at radius 1 is 1.05 bits per heavy atom. The van der Waals surface area contributed by atoms with Crippen LogP contribution < -0.4 is 16.2 Å². The van der Waals surface area contributed by atoms with Crippen molar-refractivity contribution in [2.75, 3.05) is 0 Å². The van der Waals surface area contributed by atoms with Crippen molar-refractivity contribution in [1.29, 1.82) is 0 Å². The molecule has 0 aliphatic heterocycles. The normalized spacial score (nSPS) is 13.8. The molecule has 0 aromatic heterocycles. The van der Waals surface area contributed by atoms with Crippen LogP contribution in [0.25, 0.3) is 0 Å². The highest BCUT2D eigenvalue weighted by molar-refractivity contribution is 5.74. The first-order valence-corrected chi connectivity index (χ1v) is 7.50. The van der Waals surface area contributed by atoms with E-state index in [0.717, 1.165) is 6.42 Å². The van der Waals surface area contributed by atoms with Gasteiger partial charge in [0.15, 0.2) is 0 Å². The summed E-state index contributed by atoms with van der Waals surface area (Å²) in [6.45, 7) is 18.1. The topological polar surface area (TPSA) is 77.9 Å². The van der Waals surface area contributed by atoms with Crippen LogP contribution in [0.4, 0.5) is 4.79 Å². The minimum absolute atomic E-state index is 0.109. The lowest BCUT2D eigenvalue weighted by Gasteiger charge is -2.33. The zero-order valence-corrected chi connectivity index (χ0v) is 15.1. The largest absolute Gasteiger partial charge is 0.331 e. The number of azo groups is 1. The predicted octanol–water partition coefficient (Wildman–Crippen LogP) is 3.60. The van der Waals surface area contributed by atoms with Gasteiger partial charge in [0.1, 0.15) is 5.66 Å². The van der Waals surface area contributed by atoms with E-state index in [-0.39, 0.29) is 23.0 Å². The maximum Gasteiger partial charge on any atom is 0.331 e. The van der Waals surface area contributed by atoms with Crippen molar-refractivity contribution in [3.63, 3.8) is 0 Å². The van der Waals surface area contributed by atoms with Gasteiger partial charge in [0.25, 0.3) is 0 Å². The maximum absolute atomic E-state index is 11.9. The average Bonchev–Trinajstić information content (AvgIpc) is 2.20. The van der Waals surface area contributed by atoms with Crippen molar-refractivity contribution in [3.8, 4) is 0 Å². The Hall–Kier alpha value is -1.17. The number of nitrogens with one attached hydrogen (secondary N) is 3. The second-order valence-electron chi connectivity index (χ2n) is 8.19. The van der Waals surface area contributed by atoms with Crippen molar-refractivity contribution in [2.24, 2.45) is 15.6 Å². The minimum atomic E-state index is -0.732. The van der Waals surface area contributed by atoms with Gasteiger partial charge in [0.05, 0.1) is 6.04 Å². The van der Waals surface area contributed by atoms with E-state index in [0.29, 0.717) is 0 Å². The molecule has 21 heavy (non-hydrogen) atoms. The van der Waals surface area contributed by atoms with E-state index in [4.69, 9.17) is 0 Å². The highest BCUT2D eigenvalue weighted by Gasteiger charge is 2.26. The standard InChI is InChI=1S/C15H33N5O/c1-11(2)17-20-15(8,9)16-12(21)18-19-14(6,7)10-13(3,4)5/h11,19H,10H2,1-9H3,(H2,16,18,21). The summed E-state index contributed by atoms with van der Waals surface area (Å²) in [4.78, 5) is 11.9. The van der Waals surface area contributed by atoms with Crippen LogP contribution in [0.3, 0.4) is 0 Å². The van der Waals surface area contributed by atoms with E-state index in [1.165, 1.54) is 0 Å². The molecule has 0 aliphatic rings. The number of urea groups is 1. The molecule has 0 heterocycles. The summed E-state index contributed by atoms with van der Waals surface area (Å²) in [5.74, 6) is 0. The molecule has 2 amide bonds. The van der Waals surface area contributed by atoms with Crippen LogP contribution in [-0.2, 0) is 0 Å². The molecule has 0 bridgehead atoms. The van der Waals surface area contributed by atoms with Gasteiger partial charge >= 0.3 is 6.03 Å². The van der Waals surface area contributed by atoms with Crippen LogP contribution in [0.1, 0.15) is 68.7 Å². The van der Waals surface area contributed by atoms with Crippen molar-refractivity contribution >= 4 is 6.03 Å². The van der Waals surface area contributed by atoms with Crippen LogP contribution in [0.15, 0.2) is 10.2 Å². The predicted molar refractivity (Wildman–Crippen MR) is 87.0 cm³/mol. The van der Waals surface area contributed by atoms with Crippen LogP contribution in [-0.4, -0.2) is 23.3 Å². The van der Waals surface area contributed by atoms with E-state index >= 15 is 0 Å². The molecular formula is C15H33N5O. The van der Waals surface area contributed by atoms with Crippen LogP contribution in [0.5, 0.6) is 0 Å². The lowest BCUT2D eigenvalue weighted by molar-refractivity contribution is 0.196. The number of hydrogen-bond acceptors (Lipinski definition) is 4. The van der Waals surface area contributed by atoms with Gasteiger partial charge in [-0.1, -0.05) is 20.8 Å². The molecule has 0 radical (unpaired) electrons. The summed E-state index contributed by atoms with van der Waals surface area (Å²) < 4.78 is 0. The number of carbonyl (C=O) groups is 1. The van der Waals surface area contributed by atoms with Crippen molar-refractivity contribution in [1.82, 2.24) is 16.2 Å². The van der Waals surface area contributed by atoms with E-state index in [1.807, 2.05) is 13.8 Å². The molecule has 0 spiro atoms. The number of nitrogens with zero attached hydrogens (tertiary/aromatic N) is 2. The molecule has 0 aliphatic carbocycles. The molecule has 6 heteroatoms. The van der Waals surface area contributed by atoms with Crippen molar-refractivity contribution < 1.29 is 4.79 Å². The zero-order chi connectivity index (χ0) is 16.9. The quantitative estimate of drug-likeness (QED) is 0.517. The van der Waals surface area contributed by atoms with Crippen LogP contribution in [0.2, 0.25) is 0 Å². The molecule has 0 fully saturated rings. The summed E-state index contributed by atoms with van der Waals surface area (Å²) in [7, 11) is 0. The highest BCUT2D eigenvalue weighted by Crippen LogP contribution is 2.26. The Bertz CT molecular complexity index is 367. The second kappa shape index (κ2) is 7.20. The number of hydrazine groups is 1. The van der Waals surface area contributed by atoms with Gasteiger partial charge in [-0.05, 0) is 53.4 Å². The first-order chi connectivity index (χ1) is 9.22. The molecule has 124 valence electrons. The summed E-state index contributed by atoms with van der Waals surface area (Å²) in [5, 5.41) is 11.0. The Balaban J connectivity index is 4.39. The maximum atomic E-state index is 11.9. The lowest BCUT2D eigenvalue weighted by atomic mass is 9.82. The average molecular weight is 299 g/mol. The zero-order valence-electron chi connectivity index (χ0n) is 15.1. The lowest BCUT2D eigenvalue weighted by Crippen LogP contribution is -2.57. The minimum Gasteiger partial charge on any atom is -0.311 e. The summed E-state index contributed by atoms with van der Waals surface area (Å²) in [6.07, 6.45) is 0.927. The Morgan fingerprint density at radius 2 is 1.57 bits per heavy atom. The van der Waals surface area contributed by atoms with Gasteiger partial charge in [0.2, 0.25) is 0 Å². The van der Waals surface area contributed by atoms with E-state index < -0.39 is 5.66 Å². The number of amides is 2. The molecule has 0 saturated carbocycles. The van der Waals surface area contributed by atoms with E-state index in [1.54, 1.807) is 13.8 Å². The van der Waals surface area contributed by atoms with Gasteiger partial charge in [-0.2, -0.15) is 10.2 Å². The van der Waals surface area contributed by atoms with Gasteiger partial charge in [0, 0.05) is 5.54 Å². The van der Waals surface area contributed by atoms with Gasteiger partial charge in [-0.25, -0.2) is 10.2 Å². The first kappa shape index (κ1) is 19.8. The fourth-order valence-electron chi connectivity index (χ4n) is 2.19. The van der Waals surface area contributed by atoms with E-state index in [9.17, 15) is 4.79 Å². The molecular weight excluding hydrogens is 266 g/mol. The van der Waals surface area contributed by atoms with Gasteiger partial charge < -0.3 is 5.32 Å². The third-order valence-corrected chi connectivity index (χ3v) is 2.44. The van der Waals surface area contributed by atoms with Crippen molar-refractivity contribution in [3.05, 3.63) is 0 Å². The van der Waals surface area contributed by atoms with Crippen LogP contribution in [0, 0.1) is 5.41 Å². The van der Waals surface area contributed by atoms with Crippen molar-refractivity contribution in [2.45, 2.75) is 86.0 Å². The molecule has 0 saturated heterocycles.